The Morgan fingerprint density at radius 3 is 2.50 bits per heavy atom. The molecule has 1 aromatic rings. The minimum atomic E-state index is -0.0311. The third-order valence-corrected chi connectivity index (χ3v) is 3.00. The fraction of sp³-hybridized carbons (Fsp3) is 0.417. The van der Waals surface area contributed by atoms with E-state index in [0.717, 1.165) is 5.56 Å². The van der Waals surface area contributed by atoms with Gasteiger partial charge in [-0.05, 0) is 30.9 Å². The van der Waals surface area contributed by atoms with Crippen molar-refractivity contribution in [2.45, 2.75) is 18.4 Å². The highest BCUT2D eigenvalue weighted by Crippen LogP contribution is 2.15. The molecule has 1 N–H and O–H groups in total. The van der Waals surface area contributed by atoms with Gasteiger partial charge in [0.2, 0.25) is 0 Å². The zero-order valence-electron chi connectivity index (χ0n) is 9.99. The highest BCUT2D eigenvalue weighted by atomic mass is 32.2. The lowest BCUT2D eigenvalue weighted by Gasteiger charge is -2.17. The molecular weight excluding hydrogens is 220 g/mol. The summed E-state index contributed by atoms with van der Waals surface area (Å²) in [5, 5.41) is 2.77. The Labute approximate surface area is 101 Å². The second-order valence-electron chi connectivity index (χ2n) is 3.54. The van der Waals surface area contributed by atoms with E-state index in [1.54, 1.807) is 23.7 Å². The number of carbonyl (C=O) groups is 1. The Morgan fingerprint density at radius 1 is 1.38 bits per heavy atom. The molecule has 88 valence electrons. The van der Waals surface area contributed by atoms with Crippen LogP contribution in [0.4, 0.5) is 4.79 Å². The van der Waals surface area contributed by atoms with Gasteiger partial charge in [-0.15, -0.1) is 11.8 Å². The van der Waals surface area contributed by atoms with Crippen molar-refractivity contribution >= 4 is 17.8 Å². The molecule has 3 nitrogen and oxygen atoms in total. The Morgan fingerprint density at radius 2 is 2.00 bits per heavy atom. The predicted octanol–water partition coefficient (Wildman–Crippen LogP) is 2.57. The van der Waals surface area contributed by atoms with Crippen LogP contribution in [0.25, 0.3) is 0 Å². The van der Waals surface area contributed by atoms with E-state index in [-0.39, 0.29) is 6.03 Å². The molecule has 2 amide bonds. The zero-order valence-corrected chi connectivity index (χ0v) is 10.8. The van der Waals surface area contributed by atoms with E-state index in [9.17, 15) is 4.79 Å². The van der Waals surface area contributed by atoms with Crippen molar-refractivity contribution in [2.75, 3.05) is 19.8 Å². The summed E-state index contributed by atoms with van der Waals surface area (Å²) in [6.45, 7) is 3.22. The molecule has 0 saturated heterocycles. The highest BCUT2D eigenvalue weighted by Gasteiger charge is 2.06. The topological polar surface area (TPSA) is 32.3 Å². The molecule has 0 bridgehead atoms. The van der Waals surface area contributed by atoms with Crippen molar-refractivity contribution < 1.29 is 4.79 Å². The summed E-state index contributed by atoms with van der Waals surface area (Å²) in [4.78, 5) is 14.4. The molecule has 0 heterocycles. The molecule has 0 atom stereocenters. The van der Waals surface area contributed by atoms with Crippen molar-refractivity contribution in [1.29, 1.82) is 0 Å². The Balaban J connectivity index is 2.55. The first-order valence-electron chi connectivity index (χ1n) is 5.29. The number of rotatable bonds is 4. The number of hydrogen-bond donors (Lipinski definition) is 1. The molecular formula is C12H18N2OS. The monoisotopic (exact) mass is 238 g/mol. The van der Waals surface area contributed by atoms with E-state index < -0.39 is 0 Å². The second kappa shape index (κ2) is 6.43. The van der Waals surface area contributed by atoms with Gasteiger partial charge in [-0.2, -0.15) is 0 Å². The highest BCUT2D eigenvalue weighted by molar-refractivity contribution is 7.98. The first kappa shape index (κ1) is 12.9. The van der Waals surface area contributed by atoms with Gasteiger partial charge >= 0.3 is 6.03 Å². The maximum Gasteiger partial charge on any atom is 0.317 e. The zero-order chi connectivity index (χ0) is 12.0. The van der Waals surface area contributed by atoms with Gasteiger partial charge < -0.3 is 10.2 Å². The summed E-state index contributed by atoms with van der Waals surface area (Å²) in [5.41, 5.74) is 1.14. The summed E-state index contributed by atoms with van der Waals surface area (Å²) in [6.07, 6.45) is 2.05. The summed E-state index contributed by atoms with van der Waals surface area (Å²) >= 11 is 1.72. The molecule has 0 aromatic heterocycles. The van der Waals surface area contributed by atoms with Crippen LogP contribution in [-0.4, -0.2) is 30.8 Å². The van der Waals surface area contributed by atoms with Crippen LogP contribution >= 0.6 is 11.8 Å². The first-order valence-corrected chi connectivity index (χ1v) is 6.51. The molecule has 4 heteroatoms. The van der Waals surface area contributed by atoms with Crippen LogP contribution in [0.15, 0.2) is 29.2 Å². The van der Waals surface area contributed by atoms with E-state index in [1.165, 1.54) is 4.90 Å². The van der Waals surface area contributed by atoms with Crippen molar-refractivity contribution in [2.24, 2.45) is 0 Å². The van der Waals surface area contributed by atoms with Crippen LogP contribution in [0.1, 0.15) is 12.5 Å². The molecule has 0 aliphatic rings. The lowest BCUT2D eigenvalue weighted by molar-refractivity contribution is 0.207. The molecule has 0 spiro atoms. The van der Waals surface area contributed by atoms with Crippen LogP contribution in [0.3, 0.4) is 0 Å². The van der Waals surface area contributed by atoms with E-state index in [0.29, 0.717) is 13.1 Å². The smallest absolute Gasteiger partial charge is 0.317 e. The SMILES string of the molecule is CCNC(=O)N(C)Cc1ccc(SC)cc1. The minimum absolute atomic E-state index is 0.0311. The van der Waals surface area contributed by atoms with E-state index in [2.05, 4.69) is 35.8 Å². The lowest BCUT2D eigenvalue weighted by atomic mass is 10.2. The van der Waals surface area contributed by atoms with Gasteiger partial charge in [0.15, 0.2) is 0 Å². The van der Waals surface area contributed by atoms with Gasteiger partial charge in [0.05, 0.1) is 0 Å². The summed E-state index contributed by atoms with van der Waals surface area (Å²) in [5.74, 6) is 0. The summed E-state index contributed by atoms with van der Waals surface area (Å²) in [6, 6.07) is 8.23. The first-order chi connectivity index (χ1) is 7.67. The van der Waals surface area contributed by atoms with Crippen molar-refractivity contribution in [3.05, 3.63) is 29.8 Å². The van der Waals surface area contributed by atoms with Crippen LogP contribution in [-0.2, 0) is 6.54 Å². The van der Waals surface area contributed by atoms with Crippen molar-refractivity contribution in [1.82, 2.24) is 10.2 Å². The van der Waals surface area contributed by atoms with Crippen LogP contribution in [0, 0.1) is 0 Å². The number of nitrogens with zero attached hydrogens (tertiary/aromatic N) is 1. The summed E-state index contributed by atoms with van der Waals surface area (Å²) < 4.78 is 0. The van der Waals surface area contributed by atoms with Gasteiger partial charge in [-0.3, -0.25) is 0 Å². The molecule has 0 saturated carbocycles. The Hall–Kier alpha value is -1.16. The van der Waals surface area contributed by atoms with Gasteiger partial charge in [0.1, 0.15) is 0 Å². The molecule has 0 unspecified atom stereocenters. The third kappa shape index (κ3) is 3.77. The average molecular weight is 238 g/mol. The molecule has 16 heavy (non-hydrogen) atoms. The number of carbonyl (C=O) groups excluding carboxylic acids is 1. The van der Waals surface area contributed by atoms with E-state index in [1.807, 2.05) is 6.92 Å². The second-order valence-corrected chi connectivity index (χ2v) is 4.42. The standard InChI is InChI=1S/C12H18N2OS/c1-4-13-12(15)14(2)9-10-5-7-11(16-3)8-6-10/h5-8H,4,9H2,1-3H3,(H,13,15). The number of urea groups is 1. The van der Waals surface area contributed by atoms with E-state index in [4.69, 9.17) is 0 Å². The maximum absolute atomic E-state index is 11.5. The predicted molar refractivity (Wildman–Crippen MR) is 68.8 cm³/mol. The average Bonchev–Trinajstić information content (AvgIpc) is 2.30. The number of thioether (sulfide) groups is 1. The quantitative estimate of drug-likeness (QED) is 0.818. The Bertz CT molecular complexity index is 337. The lowest BCUT2D eigenvalue weighted by Crippen LogP contribution is -2.36. The van der Waals surface area contributed by atoms with Crippen LogP contribution in [0.5, 0.6) is 0 Å². The maximum atomic E-state index is 11.5. The molecule has 1 aromatic carbocycles. The molecule has 0 aliphatic heterocycles. The number of benzene rings is 1. The van der Waals surface area contributed by atoms with Gasteiger partial charge in [0.25, 0.3) is 0 Å². The van der Waals surface area contributed by atoms with Crippen molar-refractivity contribution in [3.8, 4) is 0 Å². The van der Waals surface area contributed by atoms with E-state index >= 15 is 0 Å². The molecule has 1 rings (SSSR count). The molecule has 0 fully saturated rings. The summed E-state index contributed by atoms with van der Waals surface area (Å²) in [7, 11) is 1.80. The largest absolute Gasteiger partial charge is 0.338 e. The number of amides is 2. The van der Waals surface area contributed by atoms with Crippen LogP contribution in [0.2, 0.25) is 0 Å². The van der Waals surface area contributed by atoms with Gasteiger partial charge in [-0.25, -0.2) is 4.79 Å². The Kier molecular flexibility index (Phi) is 5.19. The minimum Gasteiger partial charge on any atom is -0.338 e. The fourth-order valence-corrected chi connectivity index (χ4v) is 1.77. The fourth-order valence-electron chi connectivity index (χ4n) is 1.36. The van der Waals surface area contributed by atoms with Gasteiger partial charge in [-0.1, -0.05) is 12.1 Å². The number of hydrogen-bond acceptors (Lipinski definition) is 2. The third-order valence-electron chi connectivity index (χ3n) is 2.25. The van der Waals surface area contributed by atoms with Gasteiger partial charge in [0, 0.05) is 25.0 Å². The molecule has 0 aliphatic carbocycles. The van der Waals surface area contributed by atoms with Crippen LogP contribution < -0.4 is 5.32 Å². The van der Waals surface area contributed by atoms with Crippen molar-refractivity contribution in [3.63, 3.8) is 0 Å². The normalized spacial score (nSPS) is 9.94. The molecule has 0 radical (unpaired) electrons. The number of nitrogens with one attached hydrogen (secondary N) is 1.